The molecule has 9 nitrogen and oxygen atoms in total. The Bertz CT molecular complexity index is 640. The second-order valence-corrected chi connectivity index (χ2v) is 5.93. The average molecular weight is 368 g/mol. The lowest BCUT2D eigenvalue weighted by Crippen LogP contribution is -2.49. The van der Waals surface area contributed by atoms with Crippen molar-refractivity contribution in [1.82, 2.24) is 10.2 Å². The Hall–Kier alpha value is -2.68. The molecular formula is C17H24N2O7. The van der Waals surface area contributed by atoms with Gasteiger partial charge in [-0.05, 0) is 25.0 Å². The van der Waals surface area contributed by atoms with E-state index in [9.17, 15) is 19.8 Å². The van der Waals surface area contributed by atoms with Crippen LogP contribution in [0.5, 0.6) is 17.2 Å². The number of benzene rings is 1. The maximum atomic E-state index is 12.6. The molecule has 0 aromatic heterocycles. The molecule has 0 unspecified atom stereocenters. The summed E-state index contributed by atoms with van der Waals surface area (Å²) in [6.45, 7) is 0.343. The molecule has 1 heterocycles. The normalized spacial score (nSPS) is 20.1. The van der Waals surface area contributed by atoms with Gasteiger partial charge in [0, 0.05) is 18.7 Å². The lowest BCUT2D eigenvalue weighted by atomic mass is 10.1. The Morgan fingerprint density at radius 2 is 1.77 bits per heavy atom. The van der Waals surface area contributed by atoms with Gasteiger partial charge in [-0.1, -0.05) is 0 Å². The minimum Gasteiger partial charge on any atom is -0.493 e. The molecule has 9 heteroatoms. The largest absolute Gasteiger partial charge is 0.493 e. The van der Waals surface area contributed by atoms with Gasteiger partial charge >= 0.3 is 6.09 Å². The monoisotopic (exact) mass is 368 g/mol. The molecule has 0 radical (unpaired) electrons. The number of nitrogens with zero attached hydrogens (tertiary/aromatic N) is 1. The third-order valence-electron chi connectivity index (χ3n) is 4.32. The highest BCUT2D eigenvalue weighted by molar-refractivity contribution is 5.96. The number of nitrogens with one attached hydrogen (secondary N) is 1. The van der Waals surface area contributed by atoms with Gasteiger partial charge in [0.05, 0.1) is 33.5 Å². The summed E-state index contributed by atoms with van der Waals surface area (Å²) in [5, 5.41) is 22.1. The highest BCUT2D eigenvalue weighted by Gasteiger charge is 2.30. The van der Waals surface area contributed by atoms with Gasteiger partial charge in [-0.3, -0.25) is 4.79 Å². The second-order valence-electron chi connectivity index (χ2n) is 5.93. The highest BCUT2D eigenvalue weighted by atomic mass is 16.5. The summed E-state index contributed by atoms with van der Waals surface area (Å²) in [5.74, 6) is 0.537. The quantitative estimate of drug-likeness (QED) is 0.708. The van der Waals surface area contributed by atoms with Crippen LogP contribution in [0.4, 0.5) is 4.79 Å². The summed E-state index contributed by atoms with van der Waals surface area (Å²) in [4.78, 5) is 25.1. The number of aliphatic hydroxyl groups is 1. The molecular weight excluding hydrogens is 344 g/mol. The molecule has 1 fully saturated rings. The van der Waals surface area contributed by atoms with Crippen molar-refractivity contribution in [3.63, 3.8) is 0 Å². The minimum atomic E-state index is -1.08. The molecule has 0 aliphatic carbocycles. The van der Waals surface area contributed by atoms with E-state index in [1.807, 2.05) is 0 Å². The Kier molecular flexibility index (Phi) is 6.51. The molecule has 1 aromatic carbocycles. The van der Waals surface area contributed by atoms with Gasteiger partial charge in [0.1, 0.15) is 0 Å². The van der Waals surface area contributed by atoms with Crippen molar-refractivity contribution in [3.05, 3.63) is 17.7 Å². The van der Waals surface area contributed by atoms with E-state index in [2.05, 4.69) is 5.32 Å². The molecule has 0 bridgehead atoms. The van der Waals surface area contributed by atoms with Gasteiger partial charge in [0.15, 0.2) is 11.5 Å². The molecule has 144 valence electrons. The Morgan fingerprint density at radius 3 is 2.27 bits per heavy atom. The number of carboxylic acid groups (broad SMARTS) is 1. The number of aliphatic hydroxyl groups excluding tert-OH is 1. The number of methoxy groups -OCH3 is 3. The third kappa shape index (κ3) is 4.29. The molecule has 2 atom stereocenters. The molecule has 1 saturated heterocycles. The zero-order chi connectivity index (χ0) is 19.3. The van der Waals surface area contributed by atoms with E-state index in [1.54, 1.807) is 0 Å². The van der Waals surface area contributed by atoms with Crippen molar-refractivity contribution >= 4 is 12.0 Å². The Balaban J connectivity index is 2.23. The van der Waals surface area contributed by atoms with Crippen molar-refractivity contribution in [1.29, 1.82) is 0 Å². The summed E-state index contributed by atoms with van der Waals surface area (Å²) >= 11 is 0. The van der Waals surface area contributed by atoms with Crippen LogP contribution in [0.2, 0.25) is 0 Å². The van der Waals surface area contributed by atoms with Gasteiger partial charge in [0.2, 0.25) is 5.75 Å². The fourth-order valence-corrected chi connectivity index (χ4v) is 2.92. The van der Waals surface area contributed by atoms with E-state index in [0.717, 1.165) is 0 Å². The predicted molar refractivity (Wildman–Crippen MR) is 92.2 cm³/mol. The minimum absolute atomic E-state index is 0.0205. The molecule has 1 aliphatic rings. The number of carbonyl (C=O) groups excluding carboxylic acids is 1. The predicted octanol–water partition coefficient (Wildman–Crippen LogP) is 0.945. The van der Waals surface area contributed by atoms with Crippen LogP contribution in [-0.2, 0) is 0 Å². The van der Waals surface area contributed by atoms with Crippen molar-refractivity contribution in [3.8, 4) is 17.2 Å². The van der Waals surface area contributed by atoms with Crippen LogP contribution in [0.15, 0.2) is 12.1 Å². The van der Waals surface area contributed by atoms with E-state index in [4.69, 9.17) is 14.2 Å². The average Bonchev–Trinajstić information content (AvgIpc) is 2.82. The molecule has 1 aliphatic heterocycles. The number of rotatable bonds is 5. The van der Waals surface area contributed by atoms with Crippen molar-refractivity contribution in [2.24, 2.45) is 0 Å². The molecule has 1 aromatic rings. The van der Waals surface area contributed by atoms with Crippen LogP contribution in [-0.4, -0.2) is 73.7 Å². The molecule has 2 amide bonds. The molecule has 0 saturated carbocycles. The van der Waals surface area contributed by atoms with E-state index in [0.29, 0.717) is 36.6 Å². The molecule has 3 N–H and O–H groups in total. The third-order valence-corrected chi connectivity index (χ3v) is 4.32. The maximum Gasteiger partial charge on any atom is 0.407 e. The first-order valence-electron chi connectivity index (χ1n) is 8.18. The summed E-state index contributed by atoms with van der Waals surface area (Å²) < 4.78 is 15.7. The summed E-state index contributed by atoms with van der Waals surface area (Å²) in [6.07, 6.45) is -0.968. The summed E-state index contributed by atoms with van der Waals surface area (Å²) in [5.41, 5.74) is 0.248. The Labute approximate surface area is 151 Å². The lowest BCUT2D eigenvalue weighted by molar-refractivity contribution is 0.0791. The number of amides is 2. The van der Waals surface area contributed by atoms with Crippen LogP contribution in [0, 0.1) is 0 Å². The topological polar surface area (TPSA) is 118 Å². The molecule has 26 heavy (non-hydrogen) atoms. The number of ether oxygens (including phenoxy) is 3. The number of hydrogen-bond acceptors (Lipinski definition) is 6. The van der Waals surface area contributed by atoms with Crippen molar-refractivity contribution in [2.75, 3.05) is 34.4 Å². The number of carbonyl (C=O) groups is 2. The first-order chi connectivity index (χ1) is 12.4. The van der Waals surface area contributed by atoms with E-state index >= 15 is 0 Å². The first kappa shape index (κ1) is 19.6. The van der Waals surface area contributed by atoms with E-state index in [-0.39, 0.29) is 12.1 Å². The fraction of sp³-hybridized carbons (Fsp3) is 0.529. The summed E-state index contributed by atoms with van der Waals surface area (Å²) in [6, 6.07) is 2.28. The van der Waals surface area contributed by atoms with Gasteiger partial charge in [-0.2, -0.15) is 0 Å². The lowest BCUT2D eigenvalue weighted by Gasteiger charge is -2.25. The number of hydrogen-bond donors (Lipinski definition) is 3. The molecule has 0 spiro atoms. The fourth-order valence-electron chi connectivity index (χ4n) is 2.92. The van der Waals surface area contributed by atoms with Crippen LogP contribution >= 0.6 is 0 Å². The maximum absolute atomic E-state index is 12.6. The van der Waals surface area contributed by atoms with Crippen LogP contribution in [0.3, 0.4) is 0 Å². The van der Waals surface area contributed by atoms with Crippen molar-refractivity contribution < 1.29 is 34.0 Å². The zero-order valence-corrected chi connectivity index (χ0v) is 15.0. The standard InChI is InChI=1S/C17H24N2O7/c1-24-13-7-10(8-14(25-2)15(13)26-3)16(21)18-11-9-19(17(22)23)6-4-5-12(11)20/h7-8,11-12,20H,4-6,9H2,1-3H3,(H,18,21)(H,22,23)/t11-,12-/m1/s1. The molecule has 2 rings (SSSR count). The van der Waals surface area contributed by atoms with Crippen molar-refractivity contribution in [2.45, 2.75) is 25.0 Å². The van der Waals surface area contributed by atoms with Gasteiger partial charge in [0.25, 0.3) is 5.91 Å². The number of likely N-dealkylation sites (tertiary alicyclic amines) is 1. The van der Waals surface area contributed by atoms with Gasteiger partial charge in [-0.25, -0.2) is 4.79 Å². The zero-order valence-electron chi connectivity index (χ0n) is 15.0. The van der Waals surface area contributed by atoms with E-state index < -0.39 is 24.1 Å². The summed E-state index contributed by atoms with van der Waals surface area (Å²) in [7, 11) is 4.35. The first-order valence-corrected chi connectivity index (χ1v) is 8.18. The van der Waals surface area contributed by atoms with Crippen LogP contribution < -0.4 is 19.5 Å². The SMILES string of the molecule is COc1cc(C(=O)N[C@@H]2CN(C(=O)O)CCC[C@H]2O)cc(OC)c1OC. The van der Waals surface area contributed by atoms with Crippen LogP contribution in [0.1, 0.15) is 23.2 Å². The van der Waals surface area contributed by atoms with E-state index in [1.165, 1.54) is 38.4 Å². The second kappa shape index (κ2) is 8.61. The van der Waals surface area contributed by atoms with Gasteiger partial charge in [-0.15, -0.1) is 0 Å². The van der Waals surface area contributed by atoms with Gasteiger partial charge < -0.3 is 34.6 Å². The highest BCUT2D eigenvalue weighted by Crippen LogP contribution is 2.38. The smallest absolute Gasteiger partial charge is 0.407 e. The Morgan fingerprint density at radius 1 is 1.15 bits per heavy atom. The van der Waals surface area contributed by atoms with Crippen LogP contribution in [0.25, 0.3) is 0 Å².